The van der Waals surface area contributed by atoms with Crippen molar-refractivity contribution in [1.82, 2.24) is 0 Å². The zero-order chi connectivity index (χ0) is 16.3. The number of hydrogen-bond donors (Lipinski definition) is 2. The molecule has 0 atom stereocenters. The second kappa shape index (κ2) is 10.5. The van der Waals surface area contributed by atoms with Gasteiger partial charge in [0.05, 0.1) is 26.8 Å². The predicted octanol–water partition coefficient (Wildman–Crippen LogP) is 0.438. The van der Waals surface area contributed by atoms with Crippen LogP contribution in [0.2, 0.25) is 0 Å². The van der Waals surface area contributed by atoms with Gasteiger partial charge in [0.25, 0.3) is 0 Å². The fraction of sp³-hybridized carbons (Fsp3) is 0.684. The lowest BCUT2D eigenvalue weighted by atomic mass is 10.2. The average Bonchev–Trinajstić information content (AvgIpc) is 2.57. The van der Waals surface area contributed by atoms with Crippen LogP contribution in [0.3, 0.4) is 0 Å². The molecular formula is C19H34N2O2+2. The molecule has 0 unspecified atom stereocenters. The number of benzene rings is 1. The van der Waals surface area contributed by atoms with E-state index in [9.17, 15) is 0 Å². The molecule has 0 saturated carbocycles. The molecule has 1 fully saturated rings. The van der Waals surface area contributed by atoms with E-state index in [-0.39, 0.29) is 0 Å². The number of quaternary nitrogens is 2. The molecule has 1 saturated heterocycles. The molecule has 0 amide bonds. The van der Waals surface area contributed by atoms with Gasteiger partial charge >= 0.3 is 0 Å². The Kier molecular flexibility index (Phi) is 8.26. The Labute approximate surface area is 141 Å². The van der Waals surface area contributed by atoms with Crippen molar-refractivity contribution in [2.75, 3.05) is 53.0 Å². The molecule has 0 aromatic heterocycles. The predicted molar refractivity (Wildman–Crippen MR) is 93.8 cm³/mol. The van der Waals surface area contributed by atoms with Gasteiger partial charge in [-0.25, -0.2) is 0 Å². The maximum atomic E-state index is 5.87. The van der Waals surface area contributed by atoms with E-state index in [1.165, 1.54) is 39.1 Å². The highest BCUT2D eigenvalue weighted by molar-refractivity contribution is 5.32. The summed E-state index contributed by atoms with van der Waals surface area (Å²) < 4.78 is 11.6. The quantitative estimate of drug-likeness (QED) is 0.612. The number of ether oxygens (including phenoxy) is 2. The third-order valence-electron chi connectivity index (χ3n) is 4.58. The first-order valence-electron chi connectivity index (χ1n) is 9.28. The second-order valence-corrected chi connectivity index (χ2v) is 6.69. The minimum Gasteiger partial charge on any atom is -0.493 e. The molecule has 1 heterocycles. The zero-order valence-corrected chi connectivity index (χ0v) is 14.9. The molecule has 0 radical (unpaired) electrons. The summed E-state index contributed by atoms with van der Waals surface area (Å²) >= 11 is 0. The summed E-state index contributed by atoms with van der Waals surface area (Å²) in [5.41, 5.74) is 0. The molecule has 130 valence electrons. The lowest BCUT2D eigenvalue weighted by Gasteiger charge is -2.27. The van der Waals surface area contributed by atoms with Crippen molar-refractivity contribution in [3.63, 3.8) is 0 Å². The van der Waals surface area contributed by atoms with Gasteiger partial charge in [-0.15, -0.1) is 0 Å². The number of unbranched alkanes of at least 4 members (excludes halogenated alkanes) is 2. The van der Waals surface area contributed by atoms with Crippen molar-refractivity contribution in [3.05, 3.63) is 24.3 Å². The molecule has 4 nitrogen and oxygen atoms in total. The zero-order valence-electron chi connectivity index (χ0n) is 14.9. The molecule has 2 rings (SSSR count). The first-order valence-corrected chi connectivity index (χ1v) is 9.28. The smallest absolute Gasteiger partial charge is 0.127 e. The average molecular weight is 322 g/mol. The Hall–Kier alpha value is -1.26. The van der Waals surface area contributed by atoms with E-state index in [0.29, 0.717) is 0 Å². The van der Waals surface area contributed by atoms with Crippen LogP contribution in [0.5, 0.6) is 11.5 Å². The monoisotopic (exact) mass is 322 g/mol. The van der Waals surface area contributed by atoms with E-state index < -0.39 is 0 Å². The largest absolute Gasteiger partial charge is 0.493 e. The number of hydrogen-bond acceptors (Lipinski definition) is 2. The van der Waals surface area contributed by atoms with Gasteiger partial charge in [0.1, 0.15) is 37.7 Å². The van der Waals surface area contributed by atoms with Gasteiger partial charge in [0.15, 0.2) is 0 Å². The highest BCUT2D eigenvalue weighted by Crippen LogP contribution is 2.19. The Morgan fingerprint density at radius 1 is 0.913 bits per heavy atom. The van der Waals surface area contributed by atoms with Crippen molar-refractivity contribution < 1.29 is 19.3 Å². The van der Waals surface area contributed by atoms with Crippen molar-refractivity contribution in [2.24, 2.45) is 0 Å². The number of nitrogens with one attached hydrogen (secondary N) is 2. The summed E-state index contributed by atoms with van der Waals surface area (Å²) in [4.78, 5) is 3.44. The molecule has 2 N–H and O–H groups in total. The van der Waals surface area contributed by atoms with E-state index in [2.05, 4.69) is 14.0 Å². The minimum atomic E-state index is 0.787. The SMILES string of the molecule is CCCCOc1cccc(OCCCC[NH+]2CC[NH+](C)CC2)c1. The van der Waals surface area contributed by atoms with E-state index in [0.717, 1.165) is 44.0 Å². The number of rotatable bonds is 10. The fourth-order valence-corrected chi connectivity index (χ4v) is 2.94. The van der Waals surface area contributed by atoms with Crippen LogP contribution in [-0.2, 0) is 0 Å². The molecule has 1 aliphatic heterocycles. The summed E-state index contributed by atoms with van der Waals surface area (Å²) in [6, 6.07) is 8.03. The van der Waals surface area contributed by atoms with Gasteiger partial charge in [-0.3, -0.25) is 0 Å². The summed E-state index contributed by atoms with van der Waals surface area (Å²) in [7, 11) is 2.30. The summed E-state index contributed by atoms with van der Waals surface area (Å²) in [5, 5.41) is 0. The second-order valence-electron chi connectivity index (χ2n) is 6.69. The Morgan fingerprint density at radius 3 is 2.22 bits per heavy atom. The van der Waals surface area contributed by atoms with Crippen LogP contribution >= 0.6 is 0 Å². The van der Waals surface area contributed by atoms with Crippen LogP contribution < -0.4 is 19.3 Å². The Balaban J connectivity index is 1.57. The lowest BCUT2D eigenvalue weighted by molar-refractivity contribution is -1.00. The molecule has 0 aliphatic carbocycles. The van der Waals surface area contributed by atoms with Crippen molar-refractivity contribution in [2.45, 2.75) is 32.6 Å². The maximum absolute atomic E-state index is 5.87. The van der Waals surface area contributed by atoms with Gasteiger partial charge in [0, 0.05) is 6.07 Å². The van der Waals surface area contributed by atoms with Crippen LogP contribution in [0.4, 0.5) is 0 Å². The third kappa shape index (κ3) is 7.23. The Morgan fingerprint density at radius 2 is 1.57 bits per heavy atom. The standard InChI is InChI=1S/C19H32N2O2/c1-3-4-15-22-18-8-7-9-19(17-18)23-16-6-5-10-21-13-11-20(2)12-14-21/h7-9,17H,3-6,10-16H2,1-2H3/p+2. The van der Waals surface area contributed by atoms with E-state index in [1.807, 2.05) is 24.3 Å². The molecule has 1 aromatic rings. The number of piperazine rings is 1. The van der Waals surface area contributed by atoms with Crippen molar-refractivity contribution >= 4 is 0 Å². The highest BCUT2D eigenvalue weighted by Gasteiger charge is 2.18. The molecule has 1 aromatic carbocycles. The van der Waals surface area contributed by atoms with Crippen LogP contribution in [-0.4, -0.2) is 53.0 Å². The third-order valence-corrected chi connectivity index (χ3v) is 4.58. The summed E-state index contributed by atoms with van der Waals surface area (Å²) in [6.45, 7) is 10.3. The van der Waals surface area contributed by atoms with E-state index in [4.69, 9.17) is 9.47 Å². The fourth-order valence-electron chi connectivity index (χ4n) is 2.94. The van der Waals surface area contributed by atoms with Gasteiger partial charge in [0.2, 0.25) is 0 Å². The summed E-state index contributed by atoms with van der Waals surface area (Å²) in [6.07, 6.45) is 4.64. The normalized spacial score (nSPS) is 21.1. The molecule has 1 aliphatic rings. The Bertz CT molecular complexity index is 431. The van der Waals surface area contributed by atoms with Gasteiger partial charge in [-0.1, -0.05) is 19.4 Å². The van der Waals surface area contributed by atoms with Crippen LogP contribution in [0.1, 0.15) is 32.6 Å². The van der Waals surface area contributed by atoms with Gasteiger partial charge in [-0.2, -0.15) is 0 Å². The maximum Gasteiger partial charge on any atom is 0.127 e. The van der Waals surface area contributed by atoms with Crippen molar-refractivity contribution in [1.29, 1.82) is 0 Å². The number of likely N-dealkylation sites (N-methyl/N-ethyl adjacent to an activating group) is 1. The van der Waals surface area contributed by atoms with Crippen LogP contribution in [0.25, 0.3) is 0 Å². The van der Waals surface area contributed by atoms with Crippen LogP contribution in [0.15, 0.2) is 24.3 Å². The van der Waals surface area contributed by atoms with Gasteiger partial charge in [-0.05, 0) is 31.4 Å². The topological polar surface area (TPSA) is 27.3 Å². The highest BCUT2D eigenvalue weighted by atomic mass is 16.5. The van der Waals surface area contributed by atoms with Crippen molar-refractivity contribution in [3.8, 4) is 11.5 Å². The van der Waals surface area contributed by atoms with Gasteiger partial charge < -0.3 is 19.3 Å². The minimum absolute atomic E-state index is 0.787. The molecule has 4 heteroatoms. The van der Waals surface area contributed by atoms with E-state index >= 15 is 0 Å². The molecule has 0 bridgehead atoms. The van der Waals surface area contributed by atoms with E-state index in [1.54, 1.807) is 9.80 Å². The molecule has 23 heavy (non-hydrogen) atoms. The lowest BCUT2D eigenvalue weighted by Crippen LogP contribution is -3.27. The first kappa shape index (κ1) is 18.1. The molecule has 0 spiro atoms. The first-order chi connectivity index (χ1) is 11.3. The summed E-state index contributed by atoms with van der Waals surface area (Å²) in [5.74, 6) is 1.84. The molecular weight excluding hydrogens is 288 g/mol. The van der Waals surface area contributed by atoms with Crippen LogP contribution in [0, 0.1) is 0 Å².